The maximum absolute atomic E-state index is 13.3. The summed E-state index contributed by atoms with van der Waals surface area (Å²) in [6.07, 6.45) is 0. The molecule has 1 aliphatic heterocycles. The summed E-state index contributed by atoms with van der Waals surface area (Å²) in [5.74, 6) is -0.269. The zero-order valence-electron chi connectivity index (χ0n) is 15.8. The Hall–Kier alpha value is -3.00. The lowest BCUT2D eigenvalue weighted by molar-refractivity contribution is -0.892. The zero-order chi connectivity index (χ0) is 20.1. The number of carbonyl (C=O) groups is 1. The van der Waals surface area contributed by atoms with Gasteiger partial charge in [-0.1, -0.05) is 12.1 Å². The zero-order valence-corrected chi connectivity index (χ0v) is 15.8. The SMILES string of the molecule is CN(Cc1cccc(F)c1)C(=O)C[NH+]1CCN(c2ccc([N+](=O)[O-])cc2)CC1. The number of benzene rings is 2. The number of likely N-dealkylation sites (N-methyl/N-ethyl adjacent to an activating group) is 1. The van der Waals surface area contributed by atoms with E-state index < -0.39 is 4.92 Å². The van der Waals surface area contributed by atoms with Gasteiger partial charge in [0.15, 0.2) is 6.54 Å². The molecule has 1 saturated heterocycles. The standard InChI is InChI=1S/C20H23FN4O3/c1-22(14-16-3-2-4-17(21)13-16)20(26)15-23-9-11-24(12-10-23)18-5-7-19(8-6-18)25(27)28/h2-8,13H,9-12,14-15H2,1H3/p+1. The number of quaternary nitrogens is 1. The van der Waals surface area contributed by atoms with Crippen LogP contribution >= 0.6 is 0 Å². The normalized spacial score (nSPS) is 14.7. The summed E-state index contributed by atoms with van der Waals surface area (Å²) in [4.78, 5) is 27.8. The van der Waals surface area contributed by atoms with Gasteiger partial charge in [-0.05, 0) is 29.8 Å². The fourth-order valence-electron chi connectivity index (χ4n) is 3.39. The van der Waals surface area contributed by atoms with E-state index in [9.17, 15) is 19.3 Å². The average Bonchev–Trinajstić information content (AvgIpc) is 2.68. The molecular weight excluding hydrogens is 363 g/mol. The number of rotatable bonds is 6. The van der Waals surface area contributed by atoms with Crippen LogP contribution in [-0.2, 0) is 11.3 Å². The first kappa shape index (κ1) is 19.8. The van der Waals surface area contributed by atoms with E-state index in [1.165, 1.54) is 29.2 Å². The van der Waals surface area contributed by atoms with Gasteiger partial charge in [0.1, 0.15) is 5.82 Å². The summed E-state index contributed by atoms with van der Waals surface area (Å²) in [7, 11) is 1.74. The lowest BCUT2D eigenvalue weighted by Gasteiger charge is -2.34. The third-order valence-corrected chi connectivity index (χ3v) is 5.03. The molecule has 148 valence electrons. The molecule has 2 aromatic rings. The van der Waals surface area contributed by atoms with Gasteiger partial charge in [0.05, 0.1) is 31.1 Å². The molecule has 0 aromatic heterocycles. The second-order valence-electron chi connectivity index (χ2n) is 7.07. The second kappa shape index (κ2) is 8.79. The average molecular weight is 387 g/mol. The lowest BCUT2D eigenvalue weighted by Crippen LogP contribution is -3.15. The Labute approximate surface area is 163 Å². The Balaban J connectivity index is 1.48. The van der Waals surface area contributed by atoms with Crippen molar-refractivity contribution in [1.29, 1.82) is 0 Å². The highest BCUT2D eigenvalue weighted by atomic mass is 19.1. The molecular formula is C20H24FN4O3+. The van der Waals surface area contributed by atoms with Crippen molar-refractivity contribution in [1.82, 2.24) is 4.90 Å². The highest BCUT2D eigenvalue weighted by Crippen LogP contribution is 2.19. The van der Waals surface area contributed by atoms with Gasteiger partial charge in [0.25, 0.3) is 11.6 Å². The first-order chi connectivity index (χ1) is 13.4. The molecule has 7 nitrogen and oxygen atoms in total. The van der Waals surface area contributed by atoms with Gasteiger partial charge < -0.3 is 14.7 Å². The third kappa shape index (κ3) is 5.04. The van der Waals surface area contributed by atoms with Crippen LogP contribution in [0.4, 0.5) is 15.8 Å². The van der Waals surface area contributed by atoms with Gasteiger partial charge in [-0.25, -0.2) is 4.39 Å². The third-order valence-electron chi connectivity index (χ3n) is 5.03. The minimum atomic E-state index is -0.405. The van der Waals surface area contributed by atoms with Crippen LogP contribution in [0.5, 0.6) is 0 Å². The molecule has 0 unspecified atom stereocenters. The number of halogens is 1. The van der Waals surface area contributed by atoms with Crippen LogP contribution in [0, 0.1) is 15.9 Å². The van der Waals surface area contributed by atoms with E-state index in [0.29, 0.717) is 13.1 Å². The number of hydrogen-bond acceptors (Lipinski definition) is 4. The molecule has 0 bridgehead atoms. The summed E-state index contributed by atoms with van der Waals surface area (Å²) < 4.78 is 13.3. The Kier molecular flexibility index (Phi) is 6.20. The summed E-state index contributed by atoms with van der Waals surface area (Å²) in [6, 6.07) is 12.8. The lowest BCUT2D eigenvalue weighted by atomic mass is 10.2. The van der Waals surface area contributed by atoms with E-state index in [1.807, 2.05) is 6.07 Å². The molecule has 1 aliphatic rings. The number of nitro benzene ring substituents is 1. The number of nitro groups is 1. The topological polar surface area (TPSA) is 71.1 Å². The number of nitrogens with one attached hydrogen (secondary N) is 1. The van der Waals surface area contributed by atoms with Crippen molar-refractivity contribution < 1.29 is 19.0 Å². The first-order valence-corrected chi connectivity index (χ1v) is 9.24. The monoisotopic (exact) mass is 387 g/mol. The maximum Gasteiger partial charge on any atom is 0.277 e. The molecule has 1 amide bonds. The van der Waals surface area contributed by atoms with Gasteiger partial charge in [0, 0.05) is 31.4 Å². The quantitative estimate of drug-likeness (QED) is 0.595. The van der Waals surface area contributed by atoms with Gasteiger partial charge in [0.2, 0.25) is 0 Å². The molecule has 0 spiro atoms. The molecule has 1 N–H and O–H groups in total. The van der Waals surface area contributed by atoms with Crippen LogP contribution in [-0.4, -0.2) is 55.5 Å². The Morgan fingerprint density at radius 1 is 1.21 bits per heavy atom. The second-order valence-corrected chi connectivity index (χ2v) is 7.07. The molecule has 28 heavy (non-hydrogen) atoms. The number of carbonyl (C=O) groups excluding carboxylic acids is 1. The van der Waals surface area contributed by atoms with Crippen molar-refractivity contribution in [3.63, 3.8) is 0 Å². The predicted octanol–water partition coefficient (Wildman–Crippen LogP) is 1.10. The van der Waals surface area contributed by atoms with E-state index in [1.54, 1.807) is 30.1 Å². The molecule has 2 aromatic carbocycles. The van der Waals surface area contributed by atoms with Gasteiger partial charge >= 0.3 is 0 Å². The number of hydrogen-bond donors (Lipinski definition) is 1. The van der Waals surface area contributed by atoms with Gasteiger partial charge in [-0.15, -0.1) is 0 Å². The summed E-state index contributed by atoms with van der Waals surface area (Å²) in [5, 5.41) is 10.8. The Bertz CT molecular complexity index is 836. The minimum Gasteiger partial charge on any atom is -0.360 e. The molecule has 0 atom stereocenters. The maximum atomic E-state index is 13.3. The summed E-state index contributed by atoms with van der Waals surface area (Å²) in [6.45, 7) is 3.99. The van der Waals surface area contributed by atoms with E-state index >= 15 is 0 Å². The number of piperazine rings is 1. The van der Waals surface area contributed by atoms with Crippen LogP contribution in [0.15, 0.2) is 48.5 Å². The number of non-ortho nitro benzene ring substituents is 1. The largest absolute Gasteiger partial charge is 0.360 e. The Morgan fingerprint density at radius 2 is 1.89 bits per heavy atom. The fourth-order valence-corrected chi connectivity index (χ4v) is 3.39. The molecule has 8 heteroatoms. The molecule has 0 radical (unpaired) electrons. The molecule has 1 fully saturated rings. The summed E-state index contributed by atoms with van der Waals surface area (Å²) in [5.41, 5.74) is 1.81. The highest BCUT2D eigenvalue weighted by molar-refractivity contribution is 5.76. The molecule has 3 rings (SSSR count). The van der Waals surface area contributed by atoms with E-state index in [4.69, 9.17) is 0 Å². The van der Waals surface area contributed by atoms with Gasteiger partial charge in [-0.2, -0.15) is 0 Å². The molecule has 1 heterocycles. The fraction of sp³-hybridized carbons (Fsp3) is 0.350. The van der Waals surface area contributed by atoms with Crippen LogP contribution in [0.3, 0.4) is 0 Å². The van der Waals surface area contributed by atoms with Gasteiger partial charge in [-0.3, -0.25) is 14.9 Å². The van der Waals surface area contributed by atoms with Crippen molar-refractivity contribution in [2.75, 3.05) is 44.7 Å². The van der Waals surface area contributed by atoms with Crippen molar-refractivity contribution >= 4 is 17.3 Å². The van der Waals surface area contributed by atoms with Crippen LogP contribution in [0.2, 0.25) is 0 Å². The number of anilines is 1. The minimum absolute atomic E-state index is 0.0306. The van der Waals surface area contributed by atoms with E-state index in [0.717, 1.165) is 37.4 Å². The van der Waals surface area contributed by atoms with Crippen molar-refractivity contribution in [3.05, 3.63) is 70.0 Å². The van der Waals surface area contributed by atoms with E-state index in [2.05, 4.69) is 4.90 Å². The Morgan fingerprint density at radius 3 is 2.50 bits per heavy atom. The van der Waals surface area contributed by atoms with Crippen LogP contribution < -0.4 is 9.80 Å². The molecule has 0 saturated carbocycles. The number of amides is 1. The van der Waals surface area contributed by atoms with Crippen LogP contribution in [0.1, 0.15) is 5.56 Å². The highest BCUT2D eigenvalue weighted by Gasteiger charge is 2.24. The number of nitrogens with zero attached hydrogens (tertiary/aromatic N) is 3. The van der Waals surface area contributed by atoms with Crippen molar-refractivity contribution in [3.8, 4) is 0 Å². The van der Waals surface area contributed by atoms with Crippen LogP contribution in [0.25, 0.3) is 0 Å². The smallest absolute Gasteiger partial charge is 0.277 e. The predicted molar refractivity (Wildman–Crippen MR) is 104 cm³/mol. The first-order valence-electron chi connectivity index (χ1n) is 9.24. The van der Waals surface area contributed by atoms with E-state index in [-0.39, 0.29) is 17.4 Å². The summed E-state index contributed by atoms with van der Waals surface area (Å²) >= 11 is 0. The van der Waals surface area contributed by atoms with Crippen molar-refractivity contribution in [2.45, 2.75) is 6.54 Å². The van der Waals surface area contributed by atoms with Crippen molar-refractivity contribution in [2.24, 2.45) is 0 Å². The molecule has 0 aliphatic carbocycles.